The van der Waals surface area contributed by atoms with Crippen LogP contribution in [0.2, 0.25) is 0 Å². The first-order valence-electron chi connectivity index (χ1n) is 6.95. The fourth-order valence-corrected chi connectivity index (χ4v) is 1.93. The van der Waals surface area contributed by atoms with E-state index < -0.39 is 6.10 Å². The molecule has 1 unspecified atom stereocenters. The molecular weight excluding hydrogens is 271 g/mol. The maximum Gasteiger partial charge on any atom is 0.127 e. The van der Waals surface area contributed by atoms with Gasteiger partial charge in [-0.2, -0.15) is 0 Å². The topological polar surface area (TPSA) is 38.7 Å². The molecular formula is C17H19FO3. The molecule has 0 aliphatic heterocycles. The van der Waals surface area contributed by atoms with Gasteiger partial charge in [0.15, 0.2) is 0 Å². The Morgan fingerprint density at radius 3 is 2.48 bits per heavy atom. The lowest BCUT2D eigenvalue weighted by Crippen LogP contribution is -2.07. The summed E-state index contributed by atoms with van der Waals surface area (Å²) in [5.41, 5.74) is 0.584. The van der Waals surface area contributed by atoms with Gasteiger partial charge in [-0.1, -0.05) is 18.2 Å². The molecule has 0 amide bonds. The van der Waals surface area contributed by atoms with Crippen LogP contribution >= 0.6 is 0 Å². The van der Waals surface area contributed by atoms with Gasteiger partial charge in [0.1, 0.15) is 17.3 Å². The minimum Gasteiger partial charge on any atom is -0.493 e. The van der Waals surface area contributed by atoms with Crippen LogP contribution in [-0.2, 0) is 0 Å². The minimum absolute atomic E-state index is 0.379. The van der Waals surface area contributed by atoms with Gasteiger partial charge >= 0.3 is 0 Å². The van der Waals surface area contributed by atoms with Gasteiger partial charge in [-0.05, 0) is 31.2 Å². The lowest BCUT2D eigenvalue weighted by atomic mass is 10.1. The van der Waals surface area contributed by atoms with Crippen LogP contribution in [-0.4, -0.2) is 18.3 Å². The molecule has 21 heavy (non-hydrogen) atoms. The van der Waals surface area contributed by atoms with Crippen LogP contribution in [0.5, 0.6) is 11.5 Å². The van der Waals surface area contributed by atoms with Crippen LogP contribution in [0.15, 0.2) is 48.5 Å². The molecule has 0 aromatic heterocycles. The van der Waals surface area contributed by atoms with Crippen LogP contribution in [0.3, 0.4) is 0 Å². The average molecular weight is 290 g/mol. The molecule has 0 fully saturated rings. The second-order valence-corrected chi connectivity index (χ2v) is 4.72. The number of para-hydroxylation sites is 1. The van der Waals surface area contributed by atoms with Gasteiger partial charge < -0.3 is 14.6 Å². The zero-order valence-electron chi connectivity index (χ0n) is 12.0. The van der Waals surface area contributed by atoms with E-state index in [-0.39, 0.29) is 5.82 Å². The summed E-state index contributed by atoms with van der Waals surface area (Å²) in [6, 6.07) is 13.7. The van der Waals surface area contributed by atoms with Crippen molar-refractivity contribution in [2.75, 3.05) is 13.2 Å². The van der Waals surface area contributed by atoms with E-state index in [9.17, 15) is 9.50 Å². The van der Waals surface area contributed by atoms with Crippen LogP contribution in [0.1, 0.15) is 25.0 Å². The molecule has 2 rings (SSSR count). The first-order valence-corrected chi connectivity index (χ1v) is 6.95. The summed E-state index contributed by atoms with van der Waals surface area (Å²) in [6.07, 6.45) is -0.0221. The average Bonchev–Trinajstić information content (AvgIpc) is 2.48. The van der Waals surface area contributed by atoms with Crippen molar-refractivity contribution in [1.29, 1.82) is 0 Å². The molecule has 0 heterocycles. The summed E-state index contributed by atoms with van der Waals surface area (Å²) in [4.78, 5) is 0. The number of aliphatic hydroxyl groups excluding tert-OH is 1. The molecule has 0 aliphatic rings. The Kier molecular flexibility index (Phi) is 5.58. The standard InChI is InChI=1S/C17H19FO3/c1-13(19)16-9-8-14(18)12-17(16)21-11-5-10-20-15-6-3-2-4-7-15/h2-4,6-9,12-13,19H,5,10-11H2,1H3. The SMILES string of the molecule is CC(O)c1ccc(F)cc1OCCCOc1ccccc1. The summed E-state index contributed by atoms with van der Waals surface area (Å²) in [7, 11) is 0. The van der Waals surface area contributed by atoms with E-state index in [1.54, 1.807) is 6.92 Å². The predicted molar refractivity (Wildman–Crippen MR) is 79.1 cm³/mol. The van der Waals surface area contributed by atoms with Crippen molar-refractivity contribution in [1.82, 2.24) is 0 Å². The van der Waals surface area contributed by atoms with Gasteiger partial charge in [-0.3, -0.25) is 0 Å². The van der Waals surface area contributed by atoms with Crippen molar-refractivity contribution < 1.29 is 19.0 Å². The van der Waals surface area contributed by atoms with Crippen molar-refractivity contribution in [3.63, 3.8) is 0 Å². The lowest BCUT2D eigenvalue weighted by Gasteiger charge is -2.13. The Morgan fingerprint density at radius 1 is 1.05 bits per heavy atom. The summed E-state index contributed by atoms with van der Waals surface area (Å²) in [5, 5.41) is 9.62. The number of hydrogen-bond acceptors (Lipinski definition) is 3. The van der Waals surface area contributed by atoms with Gasteiger partial charge in [0.05, 0.1) is 19.3 Å². The summed E-state index contributed by atoms with van der Waals surface area (Å²) >= 11 is 0. The smallest absolute Gasteiger partial charge is 0.127 e. The van der Waals surface area contributed by atoms with Crippen molar-refractivity contribution in [2.24, 2.45) is 0 Å². The largest absolute Gasteiger partial charge is 0.493 e. The van der Waals surface area contributed by atoms with Crippen LogP contribution in [0.4, 0.5) is 4.39 Å². The molecule has 0 saturated heterocycles. The minimum atomic E-state index is -0.693. The van der Waals surface area contributed by atoms with Crippen LogP contribution < -0.4 is 9.47 Å². The first-order chi connectivity index (χ1) is 10.2. The second-order valence-electron chi connectivity index (χ2n) is 4.72. The van der Waals surface area contributed by atoms with E-state index in [1.165, 1.54) is 18.2 Å². The van der Waals surface area contributed by atoms with E-state index in [0.29, 0.717) is 30.9 Å². The fraction of sp³-hybridized carbons (Fsp3) is 0.294. The molecule has 0 spiro atoms. The van der Waals surface area contributed by atoms with Gasteiger partial charge in [-0.25, -0.2) is 4.39 Å². The predicted octanol–water partition coefficient (Wildman–Crippen LogP) is 3.73. The summed E-state index contributed by atoms with van der Waals surface area (Å²) < 4.78 is 24.3. The summed E-state index contributed by atoms with van der Waals surface area (Å²) in [5.74, 6) is 0.813. The van der Waals surface area contributed by atoms with Gasteiger partial charge in [0.25, 0.3) is 0 Å². The molecule has 0 saturated carbocycles. The Hall–Kier alpha value is -2.07. The van der Waals surface area contributed by atoms with Crippen molar-refractivity contribution >= 4 is 0 Å². The van der Waals surface area contributed by atoms with Crippen molar-refractivity contribution in [3.05, 3.63) is 59.9 Å². The Balaban J connectivity index is 1.79. The molecule has 1 N–H and O–H groups in total. The van der Waals surface area contributed by atoms with Gasteiger partial charge in [-0.15, -0.1) is 0 Å². The highest BCUT2D eigenvalue weighted by Gasteiger charge is 2.10. The maximum atomic E-state index is 13.2. The molecule has 1 atom stereocenters. The number of rotatable bonds is 7. The highest BCUT2D eigenvalue weighted by molar-refractivity contribution is 5.35. The second kappa shape index (κ2) is 7.64. The molecule has 3 nitrogen and oxygen atoms in total. The van der Waals surface area contributed by atoms with E-state index in [1.807, 2.05) is 30.3 Å². The molecule has 0 aliphatic carbocycles. The van der Waals surface area contributed by atoms with E-state index >= 15 is 0 Å². The quantitative estimate of drug-likeness (QED) is 0.790. The van der Waals surface area contributed by atoms with Crippen LogP contribution in [0, 0.1) is 5.82 Å². The third kappa shape index (κ3) is 4.76. The first kappa shape index (κ1) is 15.3. The molecule has 0 bridgehead atoms. The van der Waals surface area contributed by atoms with Crippen molar-refractivity contribution in [3.8, 4) is 11.5 Å². The highest BCUT2D eigenvalue weighted by Crippen LogP contribution is 2.26. The Morgan fingerprint density at radius 2 is 1.76 bits per heavy atom. The Bertz CT molecular complexity index is 555. The number of halogens is 1. The zero-order chi connectivity index (χ0) is 15.1. The fourth-order valence-electron chi connectivity index (χ4n) is 1.93. The zero-order valence-corrected chi connectivity index (χ0v) is 12.0. The molecule has 4 heteroatoms. The Labute approximate surface area is 124 Å². The summed E-state index contributed by atoms with van der Waals surface area (Å²) in [6.45, 7) is 2.54. The van der Waals surface area contributed by atoms with Gasteiger partial charge in [0, 0.05) is 18.1 Å². The van der Waals surface area contributed by atoms with E-state index in [4.69, 9.17) is 9.47 Å². The normalized spacial score (nSPS) is 12.0. The molecule has 2 aromatic rings. The maximum absolute atomic E-state index is 13.2. The van der Waals surface area contributed by atoms with E-state index in [0.717, 1.165) is 5.75 Å². The number of benzene rings is 2. The monoisotopic (exact) mass is 290 g/mol. The molecule has 2 aromatic carbocycles. The van der Waals surface area contributed by atoms with Crippen molar-refractivity contribution in [2.45, 2.75) is 19.4 Å². The number of aliphatic hydroxyl groups is 1. The van der Waals surface area contributed by atoms with E-state index in [2.05, 4.69) is 0 Å². The third-order valence-corrected chi connectivity index (χ3v) is 2.98. The van der Waals surface area contributed by atoms with Gasteiger partial charge in [0.2, 0.25) is 0 Å². The van der Waals surface area contributed by atoms with Crippen LogP contribution in [0.25, 0.3) is 0 Å². The number of hydrogen-bond donors (Lipinski definition) is 1. The highest BCUT2D eigenvalue weighted by atomic mass is 19.1. The lowest BCUT2D eigenvalue weighted by molar-refractivity contribution is 0.188. The molecule has 0 radical (unpaired) electrons. The number of ether oxygens (including phenoxy) is 2. The molecule has 112 valence electrons. The third-order valence-electron chi connectivity index (χ3n) is 2.98.